The first-order valence-corrected chi connectivity index (χ1v) is 9.52. The zero-order chi connectivity index (χ0) is 18.4. The lowest BCUT2D eigenvalue weighted by atomic mass is 9.97. The van der Waals surface area contributed by atoms with Gasteiger partial charge in [0.2, 0.25) is 0 Å². The van der Waals surface area contributed by atoms with Crippen LogP contribution in [-0.2, 0) is 0 Å². The number of benzene rings is 3. The summed E-state index contributed by atoms with van der Waals surface area (Å²) in [5.74, 6) is 0.579. The lowest BCUT2D eigenvalue weighted by Gasteiger charge is -2.08. The second-order valence-electron chi connectivity index (χ2n) is 6.39. The first-order valence-electron chi connectivity index (χ1n) is 8.64. The molecule has 4 nitrogen and oxygen atoms in total. The maximum atomic E-state index is 12.8. The zero-order valence-electron chi connectivity index (χ0n) is 14.6. The number of fused-ring (bicyclic) bond motifs is 3. The molecule has 130 valence electrons. The van der Waals surface area contributed by atoms with Crippen LogP contribution in [0.15, 0.2) is 75.9 Å². The average molecular weight is 369 g/mol. The van der Waals surface area contributed by atoms with Gasteiger partial charge in [0.05, 0.1) is 11.6 Å². The zero-order valence-corrected chi connectivity index (χ0v) is 15.4. The van der Waals surface area contributed by atoms with Gasteiger partial charge in [-0.15, -0.1) is 11.3 Å². The van der Waals surface area contributed by atoms with Crippen molar-refractivity contribution in [1.82, 2.24) is 9.66 Å². The molecule has 0 saturated heterocycles. The summed E-state index contributed by atoms with van der Waals surface area (Å²) in [6.07, 6.45) is 1.78. The summed E-state index contributed by atoms with van der Waals surface area (Å²) in [7, 11) is 0. The summed E-state index contributed by atoms with van der Waals surface area (Å²) >= 11 is 1.47. The van der Waals surface area contributed by atoms with E-state index in [1.807, 2.05) is 29.6 Å². The number of hydrogen-bond acceptors (Lipinski definition) is 4. The fourth-order valence-corrected chi connectivity index (χ4v) is 4.25. The Labute approximate surface area is 159 Å². The van der Waals surface area contributed by atoms with E-state index in [0.717, 1.165) is 31.9 Å². The van der Waals surface area contributed by atoms with Crippen LogP contribution in [0.1, 0.15) is 11.4 Å². The molecular weight excluding hydrogens is 354 g/mol. The van der Waals surface area contributed by atoms with Crippen molar-refractivity contribution >= 4 is 49.3 Å². The van der Waals surface area contributed by atoms with Crippen LogP contribution < -0.4 is 5.56 Å². The van der Waals surface area contributed by atoms with Gasteiger partial charge in [0.1, 0.15) is 10.7 Å². The summed E-state index contributed by atoms with van der Waals surface area (Å²) in [4.78, 5) is 18.0. The molecule has 0 spiro atoms. The van der Waals surface area contributed by atoms with E-state index < -0.39 is 0 Å². The molecular formula is C22H15N3OS. The summed E-state index contributed by atoms with van der Waals surface area (Å²) in [6.45, 7) is 1.80. The molecule has 2 aromatic heterocycles. The average Bonchev–Trinajstić information content (AvgIpc) is 3.15. The molecule has 0 aliphatic heterocycles. The number of nitrogens with zero attached hydrogens (tertiary/aromatic N) is 3. The Kier molecular flexibility index (Phi) is 3.62. The Morgan fingerprint density at radius 1 is 0.963 bits per heavy atom. The van der Waals surface area contributed by atoms with E-state index in [1.165, 1.54) is 16.0 Å². The van der Waals surface area contributed by atoms with Crippen LogP contribution in [-0.4, -0.2) is 15.9 Å². The first-order chi connectivity index (χ1) is 13.2. The molecule has 0 saturated carbocycles. The fourth-order valence-electron chi connectivity index (χ4n) is 3.45. The van der Waals surface area contributed by atoms with Gasteiger partial charge in [-0.1, -0.05) is 48.5 Å². The van der Waals surface area contributed by atoms with Crippen LogP contribution in [0, 0.1) is 6.92 Å². The summed E-state index contributed by atoms with van der Waals surface area (Å²) in [5, 5.41) is 11.5. The molecule has 0 N–H and O–H groups in total. The van der Waals surface area contributed by atoms with Crippen molar-refractivity contribution in [1.29, 1.82) is 0 Å². The molecule has 5 rings (SSSR count). The number of thiophene rings is 1. The minimum atomic E-state index is -0.139. The predicted molar refractivity (Wildman–Crippen MR) is 113 cm³/mol. The van der Waals surface area contributed by atoms with Crippen LogP contribution >= 0.6 is 11.3 Å². The Bertz CT molecular complexity index is 1360. The Morgan fingerprint density at radius 3 is 2.33 bits per heavy atom. The third-order valence-electron chi connectivity index (χ3n) is 4.75. The van der Waals surface area contributed by atoms with Gasteiger partial charge in [0.25, 0.3) is 5.56 Å². The third kappa shape index (κ3) is 2.55. The Morgan fingerprint density at radius 2 is 1.63 bits per heavy atom. The maximum Gasteiger partial charge on any atom is 0.282 e. The topological polar surface area (TPSA) is 47.2 Å². The van der Waals surface area contributed by atoms with Crippen LogP contribution in [0.2, 0.25) is 0 Å². The molecule has 0 bridgehead atoms. The second kappa shape index (κ2) is 6.14. The molecule has 0 fully saturated rings. The first kappa shape index (κ1) is 15.9. The van der Waals surface area contributed by atoms with Crippen LogP contribution in [0.25, 0.3) is 31.8 Å². The van der Waals surface area contributed by atoms with E-state index >= 15 is 0 Å². The molecule has 0 radical (unpaired) electrons. The number of aromatic nitrogens is 2. The van der Waals surface area contributed by atoms with Gasteiger partial charge in [-0.05, 0) is 46.0 Å². The van der Waals surface area contributed by atoms with Gasteiger partial charge in [0, 0.05) is 5.56 Å². The Balaban J connectivity index is 1.78. The molecule has 0 aliphatic carbocycles. The van der Waals surface area contributed by atoms with Crippen molar-refractivity contribution in [3.63, 3.8) is 0 Å². The summed E-state index contributed by atoms with van der Waals surface area (Å²) in [5.41, 5.74) is 0.861. The van der Waals surface area contributed by atoms with Crippen LogP contribution in [0.3, 0.4) is 0 Å². The molecule has 3 aromatic carbocycles. The molecule has 2 heterocycles. The molecule has 0 unspecified atom stereocenters. The van der Waals surface area contributed by atoms with E-state index in [1.54, 1.807) is 19.2 Å². The van der Waals surface area contributed by atoms with Gasteiger partial charge in [0.15, 0.2) is 0 Å². The molecule has 0 aliphatic rings. The summed E-state index contributed by atoms with van der Waals surface area (Å²) in [6, 6.07) is 20.4. The SMILES string of the molecule is Cc1nc2sccc2c(=O)n1/N=C\c1c2ccccc2cc2ccccc12. The lowest BCUT2D eigenvalue weighted by Crippen LogP contribution is -2.19. The van der Waals surface area contributed by atoms with Crippen LogP contribution in [0.4, 0.5) is 0 Å². The van der Waals surface area contributed by atoms with Gasteiger partial charge >= 0.3 is 0 Å². The molecule has 0 atom stereocenters. The minimum Gasteiger partial charge on any atom is -0.267 e. The van der Waals surface area contributed by atoms with Crippen molar-refractivity contribution in [3.8, 4) is 0 Å². The van der Waals surface area contributed by atoms with Crippen LogP contribution in [0.5, 0.6) is 0 Å². The number of rotatable bonds is 2. The molecule has 5 heteroatoms. The van der Waals surface area contributed by atoms with Crippen molar-refractivity contribution in [2.24, 2.45) is 5.10 Å². The highest BCUT2D eigenvalue weighted by Gasteiger charge is 2.09. The van der Waals surface area contributed by atoms with Gasteiger partial charge in [-0.2, -0.15) is 9.78 Å². The highest BCUT2D eigenvalue weighted by molar-refractivity contribution is 7.16. The predicted octanol–water partition coefficient (Wildman–Crippen LogP) is 4.96. The normalized spacial score (nSPS) is 11.9. The molecule has 0 amide bonds. The van der Waals surface area contributed by atoms with Gasteiger partial charge in [-0.3, -0.25) is 4.79 Å². The van der Waals surface area contributed by atoms with E-state index in [2.05, 4.69) is 40.4 Å². The third-order valence-corrected chi connectivity index (χ3v) is 5.56. The quantitative estimate of drug-likeness (QED) is 0.326. The van der Waals surface area contributed by atoms with E-state index in [-0.39, 0.29) is 5.56 Å². The van der Waals surface area contributed by atoms with Crippen molar-refractivity contribution in [3.05, 3.63) is 87.8 Å². The van der Waals surface area contributed by atoms with E-state index in [4.69, 9.17) is 0 Å². The molecule has 5 aromatic rings. The number of hydrogen-bond donors (Lipinski definition) is 0. The standard InChI is InChI=1S/C22H15N3OS/c1-14-24-21-19(10-11-27-21)22(26)25(14)23-13-20-17-8-4-2-6-15(17)12-16-7-3-5-9-18(16)20/h2-13H,1H3/b23-13-. The van der Waals surface area contributed by atoms with Crippen molar-refractivity contribution < 1.29 is 0 Å². The van der Waals surface area contributed by atoms with E-state index in [0.29, 0.717) is 11.2 Å². The second-order valence-corrected chi connectivity index (χ2v) is 7.29. The van der Waals surface area contributed by atoms with Gasteiger partial charge < -0.3 is 0 Å². The maximum absolute atomic E-state index is 12.8. The molecule has 27 heavy (non-hydrogen) atoms. The highest BCUT2D eigenvalue weighted by atomic mass is 32.1. The number of aryl methyl sites for hydroxylation is 1. The monoisotopic (exact) mass is 369 g/mol. The van der Waals surface area contributed by atoms with Gasteiger partial charge in [-0.25, -0.2) is 4.98 Å². The Hall–Kier alpha value is -3.31. The lowest BCUT2D eigenvalue weighted by molar-refractivity contribution is 0.772. The summed E-state index contributed by atoms with van der Waals surface area (Å²) < 4.78 is 1.38. The van der Waals surface area contributed by atoms with Crippen molar-refractivity contribution in [2.75, 3.05) is 0 Å². The van der Waals surface area contributed by atoms with E-state index in [9.17, 15) is 4.79 Å². The smallest absolute Gasteiger partial charge is 0.267 e. The minimum absolute atomic E-state index is 0.139. The highest BCUT2D eigenvalue weighted by Crippen LogP contribution is 2.27. The largest absolute Gasteiger partial charge is 0.282 e. The fraction of sp³-hybridized carbons (Fsp3) is 0.0455. The van der Waals surface area contributed by atoms with Crippen molar-refractivity contribution in [2.45, 2.75) is 6.92 Å².